The number of rotatable bonds is 3. The Morgan fingerprint density at radius 2 is 1.30 bits per heavy atom. The fraction of sp³-hybridized carbons (Fsp3) is 0. The standard InChI is InChI=1S/C10H8O9S3.Na.H/c11-20(12,13)7-2-3-8-6(5-7)1-4-9(21(14,15)16)10(8)22(17,18)19;;/h1-5H,(H,11,12,13)(H,14,15,16)(H,17,18,19);;/q;+1;-1. The Labute approximate surface area is 155 Å². The minimum Gasteiger partial charge on any atom is -1.00 e. The molecule has 0 spiro atoms. The fourth-order valence-electron chi connectivity index (χ4n) is 1.89. The maximum absolute atomic E-state index is 11.4. The minimum absolute atomic E-state index is 0. The van der Waals surface area contributed by atoms with Crippen LogP contribution in [0.2, 0.25) is 0 Å². The van der Waals surface area contributed by atoms with Crippen LogP contribution in [0.4, 0.5) is 0 Å². The average Bonchev–Trinajstić information content (AvgIpc) is 2.33. The molecular weight excluding hydrogens is 383 g/mol. The normalized spacial score (nSPS) is 12.8. The molecule has 0 fully saturated rings. The molecule has 13 heteroatoms. The summed E-state index contributed by atoms with van der Waals surface area (Å²) in [6.07, 6.45) is 0. The van der Waals surface area contributed by atoms with E-state index in [0.29, 0.717) is 6.07 Å². The Balaban J connectivity index is 0.00000264. The van der Waals surface area contributed by atoms with Crippen molar-refractivity contribution in [3.63, 3.8) is 0 Å². The molecule has 0 heterocycles. The molecule has 9 nitrogen and oxygen atoms in total. The number of hydrogen-bond donors (Lipinski definition) is 3. The Hall–Kier alpha value is -0.570. The van der Waals surface area contributed by atoms with Crippen molar-refractivity contribution in [2.75, 3.05) is 0 Å². The summed E-state index contributed by atoms with van der Waals surface area (Å²) in [5.74, 6) is 0. The van der Waals surface area contributed by atoms with Crippen LogP contribution in [-0.4, -0.2) is 38.9 Å². The van der Waals surface area contributed by atoms with Crippen LogP contribution in [0.3, 0.4) is 0 Å². The van der Waals surface area contributed by atoms with Crippen molar-refractivity contribution < 1.29 is 69.9 Å². The molecular formula is C10H9NaO9S3. The molecule has 2 aromatic rings. The third kappa shape index (κ3) is 4.29. The molecule has 0 saturated carbocycles. The number of hydrogen-bond acceptors (Lipinski definition) is 6. The summed E-state index contributed by atoms with van der Waals surface area (Å²) in [6, 6.07) is 4.29. The molecule has 0 atom stereocenters. The van der Waals surface area contributed by atoms with E-state index in [1.165, 1.54) is 0 Å². The summed E-state index contributed by atoms with van der Waals surface area (Å²) in [4.78, 5) is -2.70. The summed E-state index contributed by atoms with van der Waals surface area (Å²) in [6.45, 7) is 0. The van der Waals surface area contributed by atoms with Gasteiger partial charge in [0.2, 0.25) is 0 Å². The van der Waals surface area contributed by atoms with Gasteiger partial charge in [0.1, 0.15) is 9.79 Å². The Morgan fingerprint density at radius 3 is 1.74 bits per heavy atom. The smallest absolute Gasteiger partial charge is 1.00 e. The van der Waals surface area contributed by atoms with Gasteiger partial charge in [-0.3, -0.25) is 13.7 Å². The zero-order chi connectivity index (χ0) is 16.9. The molecule has 0 aromatic heterocycles. The van der Waals surface area contributed by atoms with Gasteiger partial charge >= 0.3 is 29.6 Å². The first kappa shape index (κ1) is 20.5. The van der Waals surface area contributed by atoms with E-state index >= 15 is 0 Å². The molecule has 0 unspecified atom stereocenters. The Kier molecular flexibility index (Phi) is 5.68. The minimum atomic E-state index is -5.04. The zero-order valence-corrected chi connectivity index (χ0v) is 15.9. The molecule has 0 bridgehead atoms. The van der Waals surface area contributed by atoms with Gasteiger partial charge in [-0.2, -0.15) is 25.3 Å². The van der Waals surface area contributed by atoms with Crippen LogP contribution < -0.4 is 29.6 Å². The van der Waals surface area contributed by atoms with Crippen molar-refractivity contribution in [3.05, 3.63) is 30.3 Å². The maximum atomic E-state index is 11.4. The van der Waals surface area contributed by atoms with Gasteiger partial charge in [-0.25, -0.2) is 0 Å². The van der Waals surface area contributed by atoms with Crippen LogP contribution in [0, 0.1) is 0 Å². The average molecular weight is 392 g/mol. The third-order valence-electron chi connectivity index (χ3n) is 2.74. The largest absolute Gasteiger partial charge is 1.00 e. The van der Waals surface area contributed by atoms with Crippen molar-refractivity contribution in [2.24, 2.45) is 0 Å². The van der Waals surface area contributed by atoms with Crippen LogP contribution in [0.25, 0.3) is 10.8 Å². The van der Waals surface area contributed by atoms with E-state index in [1.54, 1.807) is 0 Å². The Morgan fingerprint density at radius 1 is 0.739 bits per heavy atom. The van der Waals surface area contributed by atoms with E-state index in [-0.39, 0.29) is 41.8 Å². The van der Waals surface area contributed by atoms with Crippen LogP contribution in [0.15, 0.2) is 45.0 Å². The molecule has 0 aliphatic rings. The first-order chi connectivity index (χ1) is 9.82. The second-order valence-corrected chi connectivity index (χ2v) is 8.37. The van der Waals surface area contributed by atoms with E-state index in [1.807, 2.05) is 0 Å². The molecule has 2 aromatic carbocycles. The first-order valence-electron chi connectivity index (χ1n) is 5.31. The Bertz CT molecular complexity index is 1090. The monoisotopic (exact) mass is 392 g/mol. The molecule has 0 aliphatic heterocycles. The molecule has 0 radical (unpaired) electrons. The predicted molar refractivity (Wildman–Crippen MR) is 74.5 cm³/mol. The summed E-state index contributed by atoms with van der Waals surface area (Å²) < 4.78 is 94.5. The summed E-state index contributed by atoms with van der Waals surface area (Å²) in [7, 11) is -14.6. The van der Waals surface area contributed by atoms with Crippen molar-refractivity contribution in [3.8, 4) is 0 Å². The van der Waals surface area contributed by atoms with Crippen molar-refractivity contribution in [1.82, 2.24) is 0 Å². The number of benzene rings is 2. The van der Waals surface area contributed by atoms with Gasteiger partial charge in [-0.1, -0.05) is 12.1 Å². The van der Waals surface area contributed by atoms with Crippen LogP contribution >= 0.6 is 0 Å². The summed E-state index contributed by atoms with van der Waals surface area (Å²) in [5, 5.41) is -0.430. The van der Waals surface area contributed by atoms with Gasteiger partial charge in [-0.15, -0.1) is 0 Å². The molecule has 2 rings (SSSR count). The van der Waals surface area contributed by atoms with E-state index < -0.39 is 45.0 Å². The zero-order valence-electron chi connectivity index (χ0n) is 12.4. The third-order valence-corrected chi connectivity index (χ3v) is 5.57. The quantitative estimate of drug-likeness (QED) is 0.385. The van der Waals surface area contributed by atoms with Gasteiger partial charge in [-0.05, 0) is 23.6 Å². The second kappa shape index (κ2) is 6.38. The van der Waals surface area contributed by atoms with E-state index in [9.17, 15) is 29.8 Å². The van der Waals surface area contributed by atoms with Crippen molar-refractivity contribution in [2.45, 2.75) is 14.7 Å². The fourth-order valence-corrected chi connectivity index (χ4v) is 4.41. The summed E-state index contributed by atoms with van der Waals surface area (Å²) in [5.41, 5.74) is 0. The van der Waals surface area contributed by atoms with Crippen molar-refractivity contribution in [1.29, 1.82) is 0 Å². The molecule has 0 aliphatic carbocycles. The van der Waals surface area contributed by atoms with Gasteiger partial charge in [0.15, 0.2) is 0 Å². The predicted octanol–water partition coefficient (Wildman–Crippen LogP) is -2.30. The molecule has 122 valence electrons. The van der Waals surface area contributed by atoms with Crippen LogP contribution in [0.1, 0.15) is 1.43 Å². The van der Waals surface area contributed by atoms with Gasteiger partial charge < -0.3 is 1.43 Å². The molecule has 23 heavy (non-hydrogen) atoms. The van der Waals surface area contributed by atoms with E-state index in [4.69, 9.17) is 9.11 Å². The van der Waals surface area contributed by atoms with E-state index in [2.05, 4.69) is 0 Å². The van der Waals surface area contributed by atoms with Crippen LogP contribution in [0.5, 0.6) is 0 Å². The SMILES string of the molecule is O=S(=O)(O)c1ccc2c(S(=O)(=O)O)c(S(=O)(=O)O)ccc2c1.[H-].[Na+]. The van der Waals surface area contributed by atoms with E-state index in [0.717, 1.165) is 24.3 Å². The topological polar surface area (TPSA) is 163 Å². The first-order valence-corrected chi connectivity index (χ1v) is 9.63. The molecule has 0 amide bonds. The maximum Gasteiger partial charge on any atom is 1.00 e. The van der Waals surface area contributed by atoms with Crippen molar-refractivity contribution >= 4 is 41.1 Å². The molecule has 3 N–H and O–H groups in total. The van der Waals surface area contributed by atoms with Gasteiger partial charge in [0.25, 0.3) is 30.4 Å². The van der Waals surface area contributed by atoms with Crippen LogP contribution in [-0.2, 0) is 30.4 Å². The van der Waals surface area contributed by atoms with Gasteiger partial charge in [0.05, 0.1) is 4.90 Å². The number of fused-ring (bicyclic) bond motifs is 1. The molecule has 0 saturated heterocycles. The van der Waals surface area contributed by atoms with Gasteiger partial charge in [0, 0.05) is 5.39 Å². The summed E-state index contributed by atoms with van der Waals surface area (Å²) >= 11 is 0. The second-order valence-electron chi connectivity index (χ2n) is 4.20.